The molecular formula is C28H25F3N6O2. The molecule has 0 atom stereocenters. The van der Waals surface area contributed by atoms with E-state index in [0.717, 1.165) is 30.5 Å². The van der Waals surface area contributed by atoms with Crippen LogP contribution in [-0.2, 0) is 6.18 Å². The van der Waals surface area contributed by atoms with Gasteiger partial charge in [0.25, 0.3) is 5.91 Å². The van der Waals surface area contributed by atoms with Crippen LogP contribution < -0.4 is 11.1 Å². The van der Waals surface area contributed by atoms with Crippen molar-refractivity contribution in [2.45, 2.75) is 50.9 Å². The topological polar surface area (TPSA) is 119 Å². The summed E-state index contributed by atoms with van der Waals surface area (Å²) in [5, 5.41) is 17.6. The number of fused-ring (bicyclic) bond motifs is 1. The highest BCUT2D eigenvalue weighted by Gasteiger charge is 2.30. The second-order valence-corrected chi connectivity index (χ2v) is 9.53. The molecule has 1 amide bonds. The van der Waals surface area contributed by atoms with Crippen molar-refractivity contribution in [3.63, 3.8) is 0 Å². The third-order valence-corrected chi connectivity index (χ3v) is 6.79. The van der Waals surface area contributed by atoms with Crippen LogP contribution in [-0.4, -0.2) is 36.9 Å². The fraction of sp³-hybridized carbons (Fsp3) is 0.286. The van der Waals surface area contributed by atoms with Crippen LogP contribution in [0.5, 0.6) is 0 Å². The molecule has 200 valence electrons. The number of aliphatic hydroxyl groups excluding tert-OH is 1. The molecule has 4 aromatic rings. The summed E-state index contributed by atoms with van der Waals surface area (Å²) in [5.74, 6) is 5.78. The summed E-state index contributed by atoms with van der Waals surface area (Å²) in [7, 11) is 0. The van der Waals surface area contributed by atoms with Crippen LogP contribution in [0.4, 0.5) is 24.7 Å². The van der Waals surface area contributed by atoms with Gasteiger partial charge >= 0.3 is 6.18 Å². The number of carbonyl (C=O) groups is 1. The molecule has 5 rings (SSSR count). The number of carbonyl (C=O) groups excluding carboxylic acids is 1. The van der Waals surface area contributed by atoms with E-state index in [1.807, 2.05) is 6.92 Å². The number of halogens is 3. The van der Waals surface area contributed by atoms with Crippen molar-refractivity contribution in [2.75, 3.05) is 11.1 Å². The molecule has 0 unspecified atom stereocenters. The molecule has 0 spiro atoms. The Labute approximate surface area is 222 Å². The smallest absolute Gasteiger partial charge is 0.393 e. The van der Waals surface area contributed by atoms with Crippen LogP contribution >= 0.6 is 0 Å². The Balaban J connectivity index is 1.44. The zero-order valence-electron chi connectivity index (χ0n) is 21.0. The van der Waals surface area contributed by atoms with E-state index in [1.165, 1.54) is 18.5 Å². The number of anilines is 2. The molecule has 11 heteroatoms. The first kappa shape index (κ1) is 26.2. The summed E-state index contributed by atoms with van der Waals surface area (Å²) < 4.78 is 40.9. The number of alkyl halides is 3. The van der Waals surface area contributed by atoms with Gasteiger partial charge in [-0.05, 0) is 74.4 Å². The van der Waals surface area contributed by atoms with Crippen LogP contribution in [0.2, 0.25) is 0 Å². The molecule has 1 aliphatic rings. The first-order valence-electron chi connectivity index (χ1n) is 12.4. The molecule has 2 heterocycles. The summed E-state index contributed by atoms with van der Waals surface area (Å²) >= 11 is 0. The largest absolute Gasteiger partial charge is 0.416 e. The lowest BCUT2D eigenvalue weighted by Gasteiger charge is -2.25. The summed E-state index contributed by atoms with van der Waals surface area (Å²) in [6, 6.07) is 9.37. The first-order chi connectivity index (χ1) is 18.6. The van der Waals surface area contributed by atoms with Gasteiger partial charge in [0.1, 0.15) is 17.8 Å². The minimum atomic E-state index is -4.52. The van der Waals surface area contributed by atoms with Crippen LogP contribution in [0, 0.1) is 18.8 Å². The Bertz CT molecular complexity index is 1610. The SMILES string of the molecule is Cc1ccc(C(=O)Nc2cccc(C(F)(F)F)c2)cc1C#Cc1nn(C2CCC(O)CC2)c2ncnc(N)c12. The van der Waals surface area contributed by atoms with Gasteiger partial charge in [-0.3, -0.25) is 4.79 Å². The van der Waals surface area contributed by atoms with E-state index < -0.39 is 17.6 Å². The second kappa shape index (κ2) is 10.4. The van der Waals surface area contributed by atoms with E-state index in [-0.39, 0.29) is 29.2 Å². The van der Waals surface area contributed by atoms with E-state index in [0.29, 0.717) is 35.1 Å². The zero-order chi connectivity index (χ0) is 27.7. The molecule has 0 aliphatic heterocycles. The maximum atomic E-state index is 13.0. The highest BCUT2D eigenvalue weighted by Crippen LogP contribution is 2.33. The van der Waals surface area contributed by atoms with Gasteiger partial charge in [-0.15, -0.1) is 0 Å². The van der Waals surface area contributed by atoms with Crippen molar-refractivity contribution in [3.8, 4) is 11.8 Å². The maximum Gasteiger partial charge on any atom is 0.416 e. The number of aliphatic hydroxyl groups is 1. The number of nitrogen functional groups attached to an aromatic ring is 1. The number of amides is 1. The van der Waals surface area contributed by atoms with Gasteiger partial charge in [0.15, 0.2) is 5.65 Å². The van der Waals surface area contributed by atoms with Gasteiger partial charge in [-0.1, -0.05) is 18.1 Å². The minimum absolute atomic E-state index is 0.0331. The molecule has 2 aromatic carbocycles. The van der Waals surface area contributed by atoms with Crippen LogP contribution in [0.15, 0.2) is 48.8 Å². The number of aryl methyl sites for hydroxylation is 1. The van der Waals surface area contributed by atoms with E-state index in [4.69, 9.17) is 10.8 Å². The number of rotatable bonds is 3. The summed E-state index contributed by atoms with van der Waals surface area (Å²) in [6.45, 7) is 1.83. The molecule has 0 radical (unpaired) electrons. The predicted octanol–water partition coefficient (Wildman–Crippen LogP) is 4.86. The van der Waals surface area contributed by atoms with Crippen molar-refractivity contribution >= 4 is 28.4 Å². The highest BCUT2D eigenvalue weighted by molar-refractivity contribution is 6.04. The van der Waals surface area contributed by atoms with Gasteiger partial charge in [0.2, 0.25) is 0 Å². The van der Waals surface area contributed by atoms with Gasteiger partial charge in [-0.2, -0.15) is 18.3 Å². The standard InChI is InChI=1S/C28H25F3N6O2/c1-16-5-6-18(27(39)35-20-4-2-3-19(14-20)28(29,30)31)13-17(16)7-12-23-24-25(32)33-15-34-26(24)37(36-23)21-8-10-22(38)11-9-21/h2-6,13-15,21-22,38H,8-11H2,1H3,(H,35,39)(H2,32,33,34). The molecule has 0 bridgehead atoms. The molecule has 0 saturated heterocycles. The van der Waals surface area contributed by atoms with Crippen molar-refractivity contribution in [3.05, 3.63) is 76.7 Å². The number of nitrogens with one attached hydrogen (secondary N) is 1. The van der Waals surface area contributed by atoms with Gasteiger partial charge in [-0.25, -0.2) is 14.6 Å². The Morgan fingerprint density at radius 3 is 2.62 bits per heavy atom. The van der Waals surface area contributed by atoms with E-state index in [1.54, 1.807) is 22.9 Å². The predicted molar refractivity (Wildman–Crippen MR) is 140 cm³/mol. The Morgan fingerprint density at radius 2 is 1.87 bits per heavy atom. The van der Waals surface area contributed by atoms with Crippen molar-refractivity contribution in [2.24, 2.45) is 0 Å². The van der Waals surface area contributed by atoms with E-state index in [9.17, 15) is 23.1 Å². The number of benzene rings is 2. The number of aromatic nitrogens is 4. The zero-order valence-corrected chi connectivity index (χ0v) is 21.0. The summed E-state index contributed by atoms with van der Waals surface area (Å²) in [6.07, 6.45) is -0.626. The number of hydrogen-bond donors (Lipinski definition) is 3. The lowest BCUT2D eigenvalue weighted by Crippen LogP contribution is -2.22. The Hall–Kier alpha value is -4.43. The number of nitrogens with zero attached hydrogens (tertiary/aromatic N) is 4. The summed E-state index contributed by atoms with van der Waals surface area (Å²) in [4.78, 5) is 21.3. The Kier molecular flexibility index (Phi) is 6.97. The Morgan fingerprint density at radius 1 is 1.10 bits per heavy atom. The normalized spacial score (nSPS) is 17.5. The molecule has 1 aliphatic carbocycles. The van der Waals surface area contributed by atoms with Gasteiger partial charge < -0.3 is 16.2 Å². The number of nitrogens with two attached hydrogens (primary N) is 1. The molecule has 4 N–H and O–H groups in total. The van der Waals surface area contributed by atoms with Gasteiger partial charge in [0.05, 0.1) is 23.1 Å². The van der Waals surface area contributed by atoms with Crippen LogP contribution in [0.25, 0.3) is 11.0 Å². The van der Waals surface area contributed by atoms with E-state index >= 15 is 0 Å². The lowest BCUT2D eigenvalue weighted by atomic mass is 9.93. The first-order valence-corrected chi connectivity index (χ1v) is 12.4. The second-order valence-electron chi connectivity index (χ2n) is 9.53. The molecule has 1 fully saturated rings. The van der Waals surface area contributed by atoms with E-state index in [2.05, 4.69) is 27.1 Å². The van der Waals surface area contributed by atoms with Crippen molar-refractivity contribution < 1.29 is 23.1 Å². The minimum Gasteiger partial charge on any atom is -0.393 e. The molecular weight excluding hydrogens is 509 g/mol. The molecule has 8 nitrogen and oxygen atoms in total. The average Bonchev–Trinajstić information content (AvgIpc) is 3.28. The average molecular weight is 535 g/mol. The number of hydrogen-bond acceptors (Lipinski definition) is 6. The van der Waals surface area contributed by atoms with Gasteiger partial charge in [0, 0.05) is 16.8 Å². The maximum absolute atomic E-state index is 13.0. The third-order valence-electron chi connectivity index (χ3n) is 6.79. The lowest BCUT2D eigenvalue weighted by molar-refractivity contribution is -0.137. The van der Waals surface area contributed by atoms with Crippen molar-refractivity contribution in [1.82, 2.24) is 19.7 Å². The monoisotopic (exact) mass is 534 g/mol. The van der Waals surface area contributed by atoms with Crippen LogP contribution in [0.1, 0.15) is 64.5 Å². The fourth-order valence-corrected chi connectivity index (χ4v) is 4.64. The highest BCUT2D eigenvalue weighted by atomic mass is 19.4. The molecule has 2 aromatic heterocycles. The molecule has 39 heavy (non-hydrogen) atoms. The molecule has 1 saturated carbocycles. The van der Waals surface area contributed by atoms with Crippen molar-refractivity contribution in [1.29, 1.82) is 0 Å². The summed E-state index contributed by atoms with van der Waals surface area (Å²) in [5.41, 5.74) is 7.89. The van der Waals surface area contributed by atoms with Crippen LogP contribution in [0.3, 0.4) is 0 Å². The quantitative estimate of drug-likeness (QED) is 0.323. The third kappa shape index (κ3) is 5.56. The fourth-order valence-electron chi connectivity index (χ4n) is 4.64.